The van der Waals surface area contributed by atoms with Crippen LogP contribution in [-0.4, -0.2) is 83.3 Å². The molecule has 34 heavy (non-hydrogen) atoms. The minimum atomic E-state index is 0.200. The van der Waals surface area contributed by atoms with Crippen molar-refractivity contribution in [3.8, 4) is 22.0 Å². The predicted octanol–water partition coefficient (Wildman–Crippen LogP) is 2.60. The molecule has 0 aromatic carbocycles. The van der Waals surface area contributed by atoms with Gasteiger partial charge in [0.25, 0.3) is 0 Å². The molecule has 11 heteroatoms. The molecule has 0 unspecified atom stereocenters. The fourth-order valence-corrected chi connectivity index (χ4v) is 4.82. The van der Waals surface area contributed by atoms with E-state index in [1.54, 1.807) is 23.6 Å². The van der Waals surface area contributed by atoms with Crippen LogP contribution in [0.4, 0.5) is 17.6 Å². The van der Waals surface area contributed by atoms with E-state index in [0.717, 1.165) is 58.5 Å². The average molecular weight is 478 g/mol. The third-order valence-corrected chi connectivity index (χ3v) is 6.65. The molecule has 4 aromatic heterocycles. The normalized spacial score (nSPS) is 14.1. The number of nitrogens with one attached hydrogen (secondary N) is 1. The fraction of sp³-hybridized carbons (Fsp3) is 0.348. The standard InChI is InChI=1S/C23H27N9OS/c1-31(2)8-7-25-19-4-3-15(14-27-19)18-13-17-20(34-18)22(32-9-11-33-12-10-32)30-21(28-17)16-5-6-26-23(24)29-16/h3-6,13-14H,7-12H2,1-2H3,(H,25,27)(H2,24,26,29). The second-order valence-electron chi connectivity index (χ2n) is 8.26. The molecular weight excluding hydrogens is 450 g/mol. The third kappa shape index (κ3) is 4.91. The maximum absolute atomic E-state index is 5.81. The van der Waals surface area contributed by atoms with Crippen LogP contribution in [0.1, 0.15) is 0 Å². The molecule has 1 aliphatic rings. The molecule has 176 valence electrons. The van der Waals surface area contributed by atoms with Crippen molar-refractivity contribution in [1.82, 2.24) is 29.8 Å². The number of morpholine rings is 1. The first-order valence-corrected chi connectivity index (χ1v) is 12.0. The van der Waals surface area contributed by atoms with Gasteiger partial charge < -0.3 is 25.6 Å². The molecule has 10 nitrogen and oxygen atoms in total. The molecular formula is C23H27N9OS. The van der Waals surface area contributed by atoms with Crippen LogP contribution in [-0.2, 0) is 4.74 Å². The van der Waals surface area contributed by atoms with Crippen molar-refractivity contribution >= 4 is 39.1 Å². The number of hydrogen-bond acceptors (Lipinski definition) is 11. The van der Waals surface area contributed by atoms with E-state index in [1.807, 2.05) is 12.3 Å². The van der Waals surface area contributed by atoms with E-state index in [-0.39, 0.29) is 5.95 Å². The molecule has 0 bridgehead atoms. The predicted molar refractivity (Wildman–Crippen MR) is 136 cm³/mol. The van der Waals surface area contributed by atoms with E-state index < -0.39 is 0 Å². The highest BCUT2D eigenvalue weighted by Crippen LogP contribution is 2.38. The number of nitrogens with zero attached hydrogens (tertiary/aromatic N) is 7. The molecule has 1 aliphatic heterocycles. The molecule has 1 saturated heterocycles. The molecule has 0 spiro atoms. The lowest BCUT2D eigenvalue weighted by Crippen LogP contribution is -2.36. The number of fused-ring (bicyclic) bond motifs is 1. The number of thiophene rings is 1. The number of pyridine rings is 1. The zero-order chi connectivity index (χ0) is 23.5. The van der Waals surface area contributed by atoms with Crippen molar-refractivity contribution in [2.45, 2.75) is 0 Å². The van der Waals surface area contributed by atoms with Gasteiger partial charge in [0.1, 0.15) is 11.5 Å². The Labute approximate surface area is 201 Å². The van der Waals surface area contributed by atoms with E-state index in [1.165, 1.54) is 0 Å². The number of hydrogen-bond donors (Lipinski definition) is 2. The Morgan fingerprint density at radius 2 is 1.97 bits per heavy atom. The Hall–Kier alpha value is -3.41. The highest BCUT2D eigenvalue weighted by atomic mass is 32.1. The summed E-state index contributed by atoms with van der Waals surface area (Å²) in [5, 5.41) is 3.35. The van der Waals surface area contributed by atoms with Crippen molar-refractivity contribution in [2.75, 3.05) is 69.4 Å². The summed E-state index contributed by atoms with van der Waals surface area (Å²) in [6, 6.07) is 7.97. The van der Waals surface area contributed by atoms with Gasteiger partial charge in [-0.3, -0.25) is 0 Å². The maximum atomic E-state index is 5.81. The van der Waals surface area contributed by atoms with Crippen LogP contribution >= 0.6 is 11.3 Å². The van der Waals surface area contributed by atoms with E-state index in [0.29, 0.717) is 24.7 Å². The summed E-state index contributed by atoms with van der Waals surface area (Å²) < 4.78 is 6.59. The van der Waals surface area contributed by atoms with E-state index >= 15 is 0 Å². The monoisotopic (exact) mass is 477 g/mol. The summed E-state index contributed by atoms with van der Waals surface area (Å²) in [4.78, 5) is 28.1. The van der Waals surface area contributed by atoms with Gasteiger partial charge in [-0.05, 0) is 38.4 Å². The SMILES string of the molecule is CN(C)CCNc1ccc(-c2cc3nc(-c4ccnc(N)n4)nc(N4CCOCC4)c3s2)cn1. The highest BCUT2D eigenvalue weighted by molar-refractivity contribution is 7.22. The van der Waals surface area contributed by atoms with Crippen LogP contribution in [0.25, 0.3) is 32.2 Å². The van der Waals surface area contributed by atoms with Crippen LogP contribution < -0.4 is 16.0 Å². The van der Waals surface area contributed by atoms with Crippen LogP contribution in [0.3, 0.4) is 0 Å². The molecule has 0 saturated carbocycles. The van der Waals surface area contributed by atoms with Gasteiger partial charge in [-0.2, -0.15) is 0 Å². The van der Waals surface area contributed by atoms with Crippen molar-refractivity contribution in [1.29, 1.82) is 0 Å². The van der Waals surface area contributed by atoms with Gasteiger partial charge in [-0.15, -0.1) is 11.3 Å². The average Bonchev–Trinajstić information content (AvgIpc) is 3.28. The van der Waals surface area contributed by atoms with Gasteiger partial charge in [-0.25, -0.2) is 24.9 Å². The van der Waals surface area contributed by atoms with Crippen molar-refractivity contribution in [2.24, 2.45) is 0 Å². The first-order chi connectivity index (χ1) is 16.6. The zero-order valence-electron chi connectivity index (χ0n) is 19.2. The summed E-state index contributed by atoms with van der Waals surface area (Å²) in [5.74, 6) is 2.49. The van der Waals surface area contributed by atoms with E-state index in [2.05, 4.69) is 56.3 Å². The minimum absolute atomic E-state index is 0.200. The molecule has 0 atom stereocenters. The first-order valence-electron chi connectivity index (χ1n) is 11.1. The number of nitrogens with two attached hydrogens (primary N) is 1. The second-order valence-corrected chi connectivity index (χ2v) is 9.31. The fourth-order valence-electron chi connectivity index (χ4n) is 3.71. The summed E-state index contributed by atoms with van der Waals surface area (Å²) in [6.45, 7) is 4.69. The van der Waals surface area contributed by atoms with Crippen molar-refractivity contribution in [3.05, 3.63) is 36.7 Å². The number of anilines is 3. The summed E-state index contributed by atoms with van der Waals surface area (Å²) in [5.41, 5.74) is 8.33. The van der Waals surface area contributed by atoms with Gasteiger partial charge in [0, 0.05) is 49.0 Å². The quantitative estimate of drug-likeness (QED) is 0.411. The van der Waals surface area contributed by atoms with E-state index in [4.69, 9.17) is 20.4 Å². The summed E-state index contributed by atoms with van der Waals surface area (Å²) in [7, 11) is 4.11. The Kier molecular flexibility index (Phi) is 6.48. The topological polar surface area (TPSA) is 118 Å². The third-order valence-electron chi connectivity index (χ3n) is 5.48. The molecule has 5 heterocycles. The Bertz CT molecular complexity index is 1270. The molecule has 3 N–H and O–H groups in total. The maximum Gasteiger partial charge on any atom is 0.220 e. The number of nitrogen functional groups attached to an aromatic ring is 1. The highest BCUT2D eigenvalue weighted by Gasteiger charge is 2.21. The van der Waals surface area contributed by atoms with Gasteiger partial charge in [0.2, 0.25) is 5.95 Å². The van der Waals surface area contributed by atoms with E-state index in [9.17, 15) is 0 Å². The lowest BCUT2D eigenvalue weighted by atomic mass is 10.2. The lowest BCUT2D eigenvalue weighted by Gasteiger charge is -2.28. The molecule has 0 aliphatic carbocycles. The molecule has 5 rings (SSSR count). The van der Waals surface area contributed by atoms with Crippen molar-refractivity contribution < 1.29 is 4.74 Å². The molecule has 1 fully saturated rings. The largest absolute Gasteiger partial charge is 0.378 e. The molecule has 4 aromatic rings. The number of aromatic nitrogens is 5. The minimum Gasteiger partial charge on any atom is -0.378 e. The molecule has 0 radical (unpaired) electrons. The van der Waals surface area contributed by atoms with Crippen LogP contribution in [0.15, 0.2) is 36.7 Å². The van der Waals surface area contributed by atoms with Crippen LogP contribution in [0.5, 0.6) is 0 Å². The second kappa shape index (κ2) is 9.84. The number of ether oxygens (including phenoxy) is 1. The number of likely N-dealkylation sites (N-methyl/N-ethyl adjacent to an activating group) is 1. The Morgan fingerprint density at radius 1 is 1.12 bits per heavy atom. The van der Waals surface area contributed by atoms with Gasteiger partial charge in [-0.1, -0.05) is 0 Å². The van der Waals surface area contributed by atoms with Crippen LogP contribution in [0, 0.1) is 0 Å². The zero-order valence-corrected chi connectivity index (χ0v) is 20.0. The Balaban J connectivity index is 1.51. The number of rotatable bonds is 7. The van der Waals surface area contributed by atoms with Crippen molar-refractivity contribution in [3.63, 3.8) is 0 Å². The summed E-state index contributed by atoms with van der Waals surface area (Å²) >= 11 is 1.67. The van der Waals surface area contributed by atoms with Gasteiger partial charge in [0.05, 0.1) is 23.4 Å². The summed E-state index contributed by atoms with van der Waals surface area (Å²) in [6.07, 6.45) is 3.52. The smallest absolute Gasteiger partial charge is 0.220 e. The van der Waals surface area contributed by atoms with Gasteiger partial charge in [0.15, 0.2) is 11.6 Å². The first kappa shape index (κ1) is 22.4. The lowest BCUT2D eigenvalue weighted by molar-refractivity contribution is 0.122. The van der Waals surface area contributed by atoms with Gasteiger partial charge >= 0.3 is 0 Å². The van der Waals surface area contributed by atoms with Crippen LogP contribution in [0.2, 0.25) is 0 Å². The Morgan fingerprint density at radius 3 is 2.71 bits per heavy atom. The molecule has 0 amide bonds.